The second-order valence-corrected chi connectivity index (χ2v) is 8.43. The molecule has 0 spiro atoms. The third-order valence-corrected chi connectivity index (χ3v) is 6.28. The summed E-state index contributed by atoms with van der Waals surface area (Å²) in [5.74, 6) is -0.655. The maximum Gasteiger partial charge on any atom is 0.306 e. The number of aromatic nitrogens is 4. The van der Waals surface area contributed by atoms with E-state index in [2.05, 4.69) is 20.3 Å². The number of imidazole rings is 1. The number of fused-ring (bicyclic) bond motifs is 1. The molecular formula is C20H28N6O6. The van der Waals surface area contributed by atoms with E-state index in [1.165, 1.54) is 10.9 Å². The maximum absolute atomic E-state index is 12.2. The maximum atomic E-state index is 12.2. The first-order valence-electron chi connectivity index (χ1n) is 10.8. The summed E-state index contributed by atoms with van der Waals surface area (Å²) in [4.78, 5) is 36.5. The molecule has 2 aromatic heterocycles. The van der Waals surface area contributed by atoms with Gasteiger partial charge < -0.3 is 31.1 Å². The molecule has 6 N–H and O–H groups in total. The number of nitrogen functional groups attached to an aromatic ring is 1. The van der Waals surface area contributed by atoms with E-state index in [4.69, 9.17) is 10.5 Å². The van der Waals surface area contributed by atoms with Crippen LogP contribution in [0.1, 0.15) is 44.7 Å². The summed E-state index contributed by atoms with van der Waals surface area (Å²) in [7, 11) is 0. The number of aliphatic hydroxyl groups excluding tert-OH is 2. The molecule has 1 saturated heterocycles. The van der Waals surface area contributed by atoms with Crippen LogP contribution in [0.15, 0.2) is 6.33 Å². The second-order valence-electron chi connectivity index (χ2n) is 8.43. The van der Waals surface area contributed by atoms with Gasteiger partial charge in [0.05, 0.1) is 12.2 Å². The lowest BCUT2D eigenvalue weighted by Crippen LogP contribution is -2.42. The highest BCUT2D eigenvalue weighted by Gasteiger charge is 2.47. The van der Waals surface area contributed by atoms with Gasteiger partial charge in [-0.15, -0.1) is 0 Å². The zero-order valence-corrected chi connectivity index (χ0v) is 17.7. The van der Waals surface area contributed by atoms with Crippen LogP contribution < -0.4 is 11.1 Å². The fourth-order valence-corrected chi connectivity index (χ4v) is 4.52. The molecular weight excluding hydrogens is 420 g/mol. The largest absolute Gasteiger partial charge is 0.481 e. The summed E-state index contributed by atoms with van der Waals surface area (Å²) in [6.07, 6.45) is -0.378. The quantitative estimate of drug-likeness (QED) is 0.389. The van der Waals surface area contributed by atoms with Crippen molar-refractivity contribution in [1.82, 2.24) is 24.8 Å². The molecule has 1 aliphatic heterocycles. The van der Waals surface area contributed by atoms with Crippen molar-refractivity contribution < 1.29 is 29.6 Å². The molecule has 3 heterocycles. The van der Waals surface area contributed by atoms with Crippen molar-refractivity contribution >= 4 is 28.9 Å². The van der Waals surface area contributed by atoms with E-state index in [0.29, 0.717) is 42.8 Å². The molecule has 0 unspecified atom stereocenters. The number of nitrogens with two attached hydrogens (primary N) is 1. The van der Waals surface area contributed by atoms with Crippen molar-refractivity contribution in [3.63, 3.8) is 0 Å². The zero-order chi connectivity index (χ0) is 23.0. The number of ether oxygens (including phenoxy) is 1. The van der Waals surface area contributed by atoms with Gasteiger partial charge in [0.1, 0.15) is 23.5 Å². The number of amides is 1. The van der Waals surface area contributed by atoms with Gasteiger partial charge in [0.15, 0.2) is 23.8 Å². The van der Waals surface area contributed by atoms with Crippen LogP contribution in [0.3, 0.4) is 0 Å². The minimum Gasteiger partial charge on any atom is -0.481 e. The van der Waals surface area contributed by atoms with E-state index in [9.17, 15) is 24.9 Å². The number of nitrogens with one attached hydrogen (secondary N) is 1. The average molecular weight is 448 g/mol. The lowest BCUT2D eigenvalue weighted by molar-refractivity contribution is -0.143. The predicted molar refractivity (Wildman–Crippen MR) is 111 cm³/mol. The van der Waals surface area contributed by atoms with Crippen LogP contribution in [-0.2, 0) is 20.7 Å². The summed E-state index contributed by atoms with van der Waals surface area (Å²) in [5.41, 5.74) is 6.75. The molecule has 0 radical (unpaired) electrons. The number of carbonyl (C=O) groups is 2. The van der Waals surface area contributed by atoms with Crippen molar-refractivity contribution in [1.29, 1.82) is 0 Å². The Kier molecular flexibility index (Phi) is 6.26. The Morgan fingerprint density at radius 3 is 2.59 bits per heavy atom. The molecule has 2 aromatic rings. The summed E-state index contributed by atoms with van der Waals surface area (Å²) in [6.45, 7) is 2.10. The number of anilines is 1. The molecule has 12 nitrogen and oxygen atoms in total. The predicted octanol–water partition coefficient (Wildman–Crippen LogP) is -0.403. The first-order chi connectivity index (χ1) is 15.3. The summed E-state index contributed by atoms with van der Waals surface area (Å²) >= 11 is 0. The van der Waals surface area contributed by atoms with Gasteiger partial charge in [0, 0.05) is 13.0 Å². The average Bonchev–Trinajstić information content (AvgIpc) is 3.30. The fraction of sp³-hybridized carbons (Fsp3) is 0.650. The van der Waals surface area contributed by atoms with Crippen molar-refractivity contribution in [3.8, 4) is 0 Å². The molecule has 4 rings (SSSR count). The number of carbonyl (C=O) groups excluding carboxylic acids is 1. The van der Waals surface area contributed by atoms with Crippen LogP contribution in [0.2, 0.25) is 0 Å². The number of hydrogen-bond donors (Lipinski definition) is 5. The molecule has 1 aliphatic carbocycles. The van der Waals surface area contributed by atoms with Gasteiger partial charge in [-0.3, -0.25) is 14.2 Å². The number of hydrogen-bond acceptors (Lipinski definition) is 9. The van der Waals surface area contributed by atoms with Gasteiger partial charge in [0.2, 0.25) is 0 Å². The number of rotatable bonds is 6. The van der Waals surface area contributed by atoms with Crippen molar-refractivity contribution in [3.05, 3.63) is 12.2 Å². The van der Waals surface area contributed by atoms with Gasteiger partial charge >= 0.3 is 5.97 Å². The molecule has 0 aromatic carbocycles. The van der Waals surface area contributed by atoms with E-state index in [-0.39, 0.29) is 17.7 Å². The number of aliphatic carboxylic acids is 1. The second kappa shape index (κ2) is 8.96. The minimum absolute atomic E-state index is 0.177. The number of likely N-dealkylation sites (N-methyl/N-ethyl adjacent to an activating group) is 1. The Labute approximate surface area is 183 Å². The highest BCUT2D eigenvalue weighted by Crippen LogP contribution is 2.34. The van der Waals surface area contributed by atoms with E-state index in [0.717, 1.165) is 12.8 Å². The molecule has 4 atom stereocenters. The smallest absolute Gasteiger partial charge is 0.306 e. The van der Waals surface area contributed by atoms with Crippen LogP contribution in [0.25, 0.3) is 11.2 Å². The SMILES string of the molecule is CCNC(=O)[C@H]1O[C@@H](n2cnc3c(N)nc(CC4CCC(C(=O)O)CC4)nc32)[C@H](O)[C@@H]1O. The van der Waals surface area contributed by atoms with Gasteiger partial charge in [0.25, 0.3) is 5.91 Å². The van der Waals surface area contributed by atoms with E-state index < -0.39 is 36.4 Å². The highest BCUT2D eigenvalue weighted by molar-refractivity contribution is 5.83. The van der Waals surface area contributed by atoms with E-state index in [1.807, 2.05) is 0 Å². The Bertz CT molecular complexity index is 1000. The van der Waals surface area contributed by atoms with Crippen molar-refractivity contribution in [2.75, 3.05) is 12.3 Å². The van der Waals surface area contributed by atoms with Crippen LogP contribution in [0, 0.1) is 11.8 Å². The fourth-order valence-electron chi connectivity index (χ4n) is 4.52. The molecule has 12 heteroatoms. The molecule has 2 aliphatic rings. The number of carboxylic acid groups (broad SMARTS) is 1. The Morgan fingerprint density at radius 2 is 1.94 bits per heavy atom. The van der Waals surface area contributed by atoms with Gasteiger partial charge in [-0.1, -0.05) is 0 Å². The molecule has 174 valence electrons. The van der Waals surface area contributed by atoms with Crippen LogP contribution in [0.4, 0.5) is 5.82 Å². The lowest BCUT2D eigenvalue weighted by Gasteiger charge is -2.25. The molecule has 2 fully saturated rings. The Hall–Kier alpha value is -2.83. The molecule has 1 saturated carbocycles. The van der Waals surface area contributed by atoms with Gasteiger partial charge in [-0.25, -0.2) is 15.0 Å². The third-order valence-electron chi connectivity index (χ3n) is 6.28. The van der Waals surface area contributed by atoms with Crippen LogP contribution in [0.5, 0.6) is 0 Å². The lowest BCUT2D eigenvalue weighted by atomic mass is 9.80. The summed E-state index contributed by atoms with van der Waals surface area (Å²) in [5, 5.41) is 32.6. The van der Waals surface area contributed by atoms with Crippen molar-refractivity contribution in [2.45, 2.75) is 63.6 Å². The summed E-state index contributed by atoms with van der Waals surface area (Å²) in [6, 6.07) is 0. The zero-order valence-electron chi connectivity index (χ0n) is 17.7. The molecule has 0 bridgehead atoms. The van der Waals surface area contributed by atoms with E-state index >= 15 is 0 Å². The summed E-state index contributed by atoms with van der Waals surface area (Å²) < 4.78 is 7.12. The number of carboxylic acids is 1. The molecule has 32 heavy (non-hydrogen) atoms. The number of aliphatic hydroxyl groups is 2. The topological polar surface area (TPSA) is 186 Å². The third kappa shape index (κ3) is 4.12. The highest BCUT2D eigenvalue weighted by atomic mass is 16.6. The van der Waals surface area contributed by atoms with Crippen LogP contribution in [-0.4, -0.2) is 71.6 Å². The first-order valence-corrected chi connectivity index (χ1v) is 10.8. The first kappa shape index (κ1) is 22.4. The Balaban J connectivity index is 1.56. The normalized spacial score (nSPS) is 30.5. The molecule has 1 amide bonds. The van der Waals surface area contributed by atoms with Crippen molar-refractivity contribution in [2.24, 2.45) is 11.8 Å². The Morgan fingerprint density at radius 1 is 1.22 bits per heavy atom. The minimum atomic E-state index is -1.41. The van der Waals surface area contributed by atoms with Gasteiger partial charge in [-0.05, 0) is 38.5 Å². The standard InChI is InChI=1S/C20H28N6O6/c1-2-22-18(29)15-13(27)14(28)19(32-15)26-8-23-12-16(21)24-11(25-17(12)26)7-9-3-5-10(6-4-9)20(30)31/h8-10,13-15,19,27-28H,2-7H2,1H3,(H,22,29)(H,30,31)(H2,21,24,25)/t9?,10?,13-,14+,15-,19+/m0/s1. The van der Waals surface area contributed by atoms with Gasteiger partial charge in [-0.2, -0.15) is 0 Å². The van der Waals surface area contributed by atoms with E-state index in [1.54, 1.807) is 6.92 Å². The van der Waals surface area contributed by atoms with Crippen LogP contribution >= 0.6 is 0 Å². The number of nitrogens with zero attached hydrogens (tertiary/aromatic N) is 4. The monoisotopic (exact) mass is 448 g/mol.